The number of rotatable bonds is 2. The predicted octanol–water partition coefficient (Wildman–Crippen LogP) is 2.62. The van der Waals surface area contributed by atoms with E-state index in [1.165, 1.54) is 12.8 Å². The molecule has 0 spiro atoms. The molecule has 1 aromatic rings. The lowest BCUT2D eigenvalue weighted by Crippen LogP contribution is -2.36. The third-order valence-corrected chi connectivity index (χ3v) is 3.66. The van der Waals surface area contributed by atoms with Crippen molar-refractivity contribution in [2.75, 3.05) is 0 Å². The molecule has 0 heterocycles. The molecule has 2 rings (SSSR count). The summed E-state index contributed by atoms with van der Waals surface area (Å²) in [4.78, 5) is 12.0. The van der Waals surface area contributed by atoms with Crippen molar-refractivity contribution in [3.05, 3.63) is 29.3 Å². The van der Waals surface area contributed by atoms with E-state index >= 15 is 0 Å². The zero-order chi connectivity index (χ0) is 12.4. The number of phenols is 1. The number of hydrogen-bond acceptors (Lipinski definition) is 2. The predicted molar refractivity (Wildman–Crippen MR) is 67.1 cm³/mol. The Hall–Kier alpha value is -1.51. The molecule has 3 heteroatoms. The second-order valence-electron chi connectivity index (χ2n) is 4.96. The maximum absolute atomic E-state index is 12.0. The molecule has 2 N–H and O–H groups in total. The topological polar surface area (TPSA) is 49.3 Å². The van der Waals surface area contributed by atoms with E-state index in [1.54, 1.807) is 25.1 Å². The first-order valence-electron chi connectivity index (χ1n) is 6.19. The van der Waals surface area contributed by atoms with Crippen molar-refractivity contribution in [3.8, 4) is 5.75 Å². The normalized spacial score (nSPS) is 23.6. The first-order chi connectivity index (χ1) is 8.09. The molecule has 0 bridgehead atoms. The molecule has 17 heavy (non-hydrogen) atoms. The van der Waals surface area contributed by atoms with Crippen molar-refractivity contribution in [1.82, 2.24) is 5.32 Å². The Kier molecular flexibility index (Phi) is 3.36. The summed E-state index contributed by atoms with van der Waals surface area (Å²) in [7, 11) is 0. The van der Waals surface area contributed by atoms with E-state index in [1.807, 2.05) is 0 Å². The number of aromatic hydroxyl groups is 1. The molecule has 1 aliphatic rings. The van der Waals surface area contributed by atoms with Gasteiger partial charge in [-0.2, -0.15) is 0 Å². The zero-order valence-corrected chi connectivity index (χ0v) is 10.4. The number of para-hydroxylation sites is 1. The smallest absolute Gasteiger partial charge is 0.255 e. The summed E-state index contributed by atoms with van der Waals surface area (Å²) in [5, 5.41) is 12.9. The number of nitrogens with one attached hydrogen (secondary N) is 1. The number of benzene rings is 1. The molecule has 1 aliphatic carbocycles. The van der Waals surface area contributed by atoms with Gasteiger partial charge in [0.15, 0.2) is 0 Å². The lowest BCUT2D eigenvalue weighted by Gasteiger charge is -2.17. The third kappa shape index (κ3) is 2.43. The van der Waals surface area contributed by atoms with E-state index in [4.69, 9.17) is 0 Å². The van der Waals surface area contributed by atoms with E-state index in [0.29, 0.717) is 11.5 Å². The second kappa shape index (κ2) is 4.78. The highest BCUT2D eigenvalue weighted by Gasteiger charge is 2.25. The van der Waals surface area contributed by atoms with Crippen LogP contribution in [0.25, 0.3) is 0 Å². The molecule has 0 radical (unpaired) electrons. The third-order valence-electron chi connectivity index (χ3n) is 3.66. The van der Waals surface area contributed by atoms with E-state index in [9.17, 15) is 9.90 Å². The van der Waals surface area contributed by atoms with Crippen LogP contribution >= 0.6 is 0 Å². The number of phenolic OH excluding ortho intramolecular Hbond substituents is 1. The second-order valence-corrected chi connectivity index (χ2v) is 4.96. The summed E-state index contributed by atoms with van der Waals surface area (Å²) in [6, 6.07) is 5.51. The highest BCUT2D eigenvalue weighted by molar-refractivity contribution is 5.97. The lowest BCUT2D eigenvalue weighted by molar-refractivity contribution is 0.0927. The molecule has 2 unspecified atom stereocenters. The van der Waals surface area contributed by atoms with Gasteiger partial charge in [-0.25, -0.2) is 0 Å². The Balaban J connectivity index is 2.12. The fraction of sp³-hybridized carbons (Fsp3) is 0.500. The van der Waals surface area contributed by atoms with Crippen molar-refractivity contribution in [2.24, 2.45) is 5.92 Å². The highest BCUT2D eigenvalue weighted by atomic mass is 16.3. The van der Waals surface area contributed by atoms with Crippen LogP contribution in [0.3, 0.4) is 0 Å². The standard InChI is InChI=1S/C14H19NO2/c1-9-5-4-8-12(9)15-14(17)11-7-3-6-10(2)13(11)16/h3,6-7,9,12,16H,4-5,8H2,1-2H3,(H,15,17). The van der Waals surface area contributed by atoms with Gasteiger partial charge < -0.3 is 10.4 Å². The monoisotopic (exact) mass is 233 g/mol. The number of amides is 1. The van der Waals surface area contributed by atoms with Crippen molar-refractivity contribution in [1.29, 1.82) is 0 Å². The van der Waals surface area contributed by atoms with Gasteiger partial charge in [0.25, 0.3) is 5.91 Å². The van der Waals surface area contributed by atoms with Gasteiger partial charge >= 0.3 is 0 Å². The Labute approximate surface area is 102 Å². The minimum Gasteiger partial charge on any atom is -0.507 e. The summed E-state index contributed by atoms with van der Waals surface area (Å²) in [5.41, 5.74) is 1.11. The molecule has 92 valence electrons. The molecule has 2 atom stereocenters. The number of hydrogen-bond donors (Lipinski definition) is 2. The Bertz CT molecular complexity index is 428. The molecule has 0 aliphatic heterocycles. The number of carbonyl (C=O) groups excluding carboxylic acids is 1. The average molecular weight is 233 g/mol. The van der Waals surface area contributed by atoms with Gasteiger partial charge in [-0.1, -0.05) is 25.5 Å². The van der Waals surface area contributed by atoms with Crippen molar-refractivity contribution >= 4 is 5.91 Å². The van der Waals surface area contributed by atoms with Gasteiger partial charge in [-0.15, -0.1) is 0 Å². The lowest BCUT2D eigenvalue weighted by atomic mass is 10.0. The molecular weight excluding hydrogens is 214 g/mol. The molecule has 1 aromatic carbocycles. The zero-order valence-electron chi connectivity index (χ0n) is 10.4. The highest BCUT2D eigenvalue weighted by Crippen LogP contribution is 2.26. The van der Waals surface area contributed by atoms with Gasteiger partial charge in [-0.05, 0) is 37.3 Å². The molecule has 3 nitrogen and oxygen atoms in total. The molecule has 1 amide bonds. The first-order valence-corrected chi connectivity index (χ1v) is 6.19. The van der Waals surface area contributed by atoms with Crippen LogP contribution in [0.2, 0.25) is 0 Å². The summed E-state index contributed by atoms with van der Waals surface area (Å²) in [6.07, 6.45) is 3.39. The van der Waals surface area contributed by atoms with Crippen LogP contribution in [0, 0.1) is 12.8 Å². The van der Waals surface area contributed by atoms with Gasteiger partial charge in [0.1, 0.15) is 5.75 Å². The molecule has 0 aromatic heterocycles. The fourth-order valence-electron chi connectivity index (χ4n) is 2.45. The largest absolute Gasteiger partial charge is 0.507 e. The van der Waals surface area contributed by atoms with Gasteiger partial charge in [0.05, 0.1) is 5.56 Å². The quantitative estimate of drug-likeness (QED) is 0.825. The molecular formula is C14H19NO2. The maximum Gasteiger partial charge on any atom is 0.255 e. The Morgan fingerprint density at radius 2 is 2.18 bits per heavy atom. The molecule has 1 fully saturated rings. The minimum atomic E-state index is -0.162. The van der Waals surface area contributed by atoms with E-state index < -0.39 is 0 Å². The van der Waals surface area contributed by atoms with E-state index in [-0.39, 0.29) is 17.7 Å². The van der Waals surface area contributed by atoms with Crippen LogP contribution in [-0.4, -0.2) is 17.1 Å². The molecule has 1 saturated carbocycles. The Morgan fingerprint density at radius 3 is 2.82 bits per heavy atom. The average Bonchev–Trinajstić information content (AvgIpc) is 2.68. The summed E-state index contributed by atoms with van der Waals surface area (Å²) in [5.74, 6) is 0.464. The van der Waals surface area contributed by atoms with Crippen molar-refractivity contribution < 1.29 is 9.90 Å². The van der Waals surface area contributed by atoms with E-state index in [2.05, 4.69) is 12.2 Å². The number of aryl methyl sites for hydroxylation is 1. The van der Waals surface area contributed by atoms with Crippen molar-refractivity contribution in [3.63, 3.8) is 0 Å². The van der Waals surface area contributed by atoms with Crippen LogP contribution < -0.4 is 5.32 Å². The van der Waals surface area contributed by atoms with Gasteiger partial charge in [0, 0.05) is 6.04 Å². The molecule has 0 saturated heterocycles. The van der Waals surface area contributed by atoms with Gasteiger partial charge in [-0.3, -0.25) is 4.79 Å². The SMILES string of the molecule is Cc1cccc(C(=O)NC2CCCC2C)c1O. The maximum atomic E-state index is 12.0. The van der Waals surface area contributed by atoms with Crippen LogP contribution in [0.1, 0.15) is 42.1 Å². The Morgan fingerprint density at radius 1 is 1.41 bits per heavy atom. The summed E-state index contributed by atoms with van der Waals surface area (Å²) in [6.45, 7) is 3.96. The van der Waals surface area contributed by atoms with Crippen LogP contribution in [-0.2, 0) is 0 Å². The number of carbonyl (C=O) groups is 1. The first kappa shape index (κ1) is 12.0. The minimum absolute atomic E-state index is 0.0932. The van der Waals surface area contributed by atoms with Crippen LogP contribution in [0.15, 0.2) is 18.2 Å². The van der Waals surface area contributed by atoms with Crippen molar-refractivity contribution in [2.45, 2.75) is 39.2 Å². The van der Waals surface area contributed by atoms with Crippen LogP contribution in [0.5, 0.6) is 5.75 Å². The summed E-state index contributed by atoms with van der Waals surface area (Å²) >= 11 is 0. The van der Waals surface area contributed by atoms with Gasteiger partial charge in [0.2, 0.25) is 0 Å². The van der Waals surface area contributed by atoms with E-state index in [0.717, 1.165) is 12.0 Å². The van der Waals surface area contributed by atoms with Crippen LogP contribution in [0.4, 0.5) is 0 Å². The summed E-state index contributed by atoms with van der Waals surface area (Å²) < 4.78 is 0. The fourth-order valence-corrected chi connectivity index (χ4v) is 2.45.